The van der Waals surface area contributed by atoms with Gasteiger partial charge in [-0.3, -0.25) is 4.79 Å². The van der Waals surface area contributed by atoms with Gasteiger partial charge in [-0.1, -0.05) is 31.2 Å². The number of hydrogen-bond donors (Lipinski definition) is 0. The number of piperidine rings is 2. The summed E-state index contributed by atoms with van der Waals surface area (Å²) in [5, 5.41) is 0. The number of amides is 1. The summed E-state index contributed by atoms with van der Waals surface area (Å²) in [4.78, 5) is 18.2. The lowest BCUT2D eigenvalue weighted by atomic mass is 9.81. The van der Waals surface area contributed by atoms with Crippen molar-refractivity contribution in [2.75, 3.05) is 32.7 Å². The molecule has 26 heavy (non-hydrogen) atoms. The fourth-order valence-electron chi connectivity index (χ4n) is 5.25. The maximum Gasteiger partial charge on any atom is 0.230 e. The van der Waals surface area contributed by atoms with E-state index in [9.17, 15) is 4.79 Å². The van der Waals surface area contributed by atoms with Crippen molar-refractivity contribution in [1.82, 2.24) is 9.80 Å². The Hall–Kier alpha value is -1.35. The maximum atomic E-state index is 13.3. The highest BCUT2D eigenvalue weighted by Gasteiger charge is 2.33. The molecule has 0 bridgehead atoms. The van der Waals surface area contributed by atoms with Crippen LogP contribution in [0.15, 0.2) is 24.3 Å². The first-order chi connectivity index (χ1) is 12.7. The van der Waals surface area contributed by atoms with Crippen molar-refractivity contribution in [2.45, 2.75) is 57.8 Å². The second-order valence-electron chi connectivity index (χ2n) is 8.92. The van der Waals surface area contributed by atoms with Gasteiger partial charge in [0.2, 0.25) is 5.91 Å². The topological polar surface area (TPSA) is 23.6 Å². The van der Waals surface area contributed by atoms with Gasteiger partial charge in [-0.05, 0) is 81.0 Å². The Kier molecular flexibility index (Phi) is 5.63. The molecular formula is C23H34N2O. The standard InChI is InChI=1S/C23H34N2O/c1-18-11-14-24(15-12-18)16-19-6-5-13-25(17-19)23(26)22-10-4-8-20-7-2-3-9-21(20)22/h2-3,7,9,18-19,22H,4-6,8,10-17H2,1H3. The first-order valence-corrected chi connectivity index (χ1v) is 10.8. The van der Waals surface area contributed by atoms with Gasteiger partial charge >= 0.3 is 0 Å². The number of likely N-dealkylation sites (tertiary alicyclic amines) is 2. The third kappa shape index (κ3) is 3.98. The number of nitrogens with zero attached hydrogens (tertiary/aromatic N) is 2. The zero-order valence-electron chi connectivity index (χ0n) is 16.3. The summed E-state index contributed by atoms with van der Waals surface area (Å²) in [7, 11) is 0. The molecule has 2 saturated heterocycles. The lowest BCUT2D eigenvalue weighted by Crippen LogP contribution is -2.46. The molecule has 2 atom stereocenters. The van der Waals surface area contributed by atoms with Gasteiger partial charge in [0.25, 0.3) is 0 Å². The van der Waals surface area contributed by atoms with Gasteiger partial charge in [0.15, 0.2) is 0 Å². The monoisotopic (exact) mass is 354 g/mol. The number of carbonyl (C=O) groups is 1. The van der Waals surface area contributed by atoms with Gasteiger partial charge < -0.3 is 9.80 Å². The molecule has 0 N–H and O–H groups in total. The third-order valence-corrected chi connectivity index (χ3v) is 6.89. The fraction of sp³-hybridized carbons (Fsp3) is 0.696. The van der Waals surface area contributed by atoms with E-state index in [2.05, 4.69) is 41.0 Å². The van der Waals surface area contributed by atoms with Crippen LogP contribution in [0, 0.1) is 11.8 Å². The van der Waals surface area contributed by atoms with Crippen molar-refractivity contribution in [3.8, 4) is 0 Å². The first kappa shape index (κ1) is 18.0. The Morgan fingerprint density at radius 2 is 1.85 bits per heavy atom. The molecule has 0 radical (unpaired) electrons. The molecule has 3 aliphatic rings. The van der Waals surface area contributed by atoms with Gasteiger partial charge in [0.1, 0.15) is 0 Å². The lowest BCUT2D eigenvalue weighted by Gasteiger charge is -2.39. The first-order valence-electron chi connectivity index (χ1n) is 10.8. The summed E-state index contributed by atoms with van der Waals surface area (Å²) in [5.74, 6) is 2.06. The molecule has 2 aliphatic heterocycles. The van der Waals surface area contributed by atoms with Crippen LogP contribution in [0.5, 0.6) is 0 Å². The maximum absolute atomic E-state index is 13.3. The summed E-state index contributed by atoms with van der Waals surface area (Å²) in [5.41, 5.74) is 2.70. The largest absolute Gasteiger partial charge is 0.342 e. The molecule has 1 aromatic rings. The lowest BCUT2D eigenvalue weighted by molar-refractivity contribution is -0.135. The van der Waals surface area contributed by atoms with E-state index in [-0.39, 0.29) is 5.92 Å². The van der Waals surface area contributed by atoms with Gasteiger partial charge in [-0.25, -0.2) is 0 Å². The van der Waals surface area contributed by atoms with E-state index in [1.165, 1.54) is 56.4 Å². The van der Waals surface area contributed by atoms with Crippen LogP contribution in [0.25, 0.3) is 0 Å². The van der Waals surface area contributed by atoms with E-state index in [0.29, 0.717) is 11.8 Å². The SMILES string of the molecule is CC1CCN(CC2CCCN(C(=O)C3CCCc4ccccc43)C2)CC1. The highest BCUT2D eigenvalue weighted by Crippen LogP contribution is 2.34. The van der Waals surface area contributed by atoms with Crippen LogP contribution in [0.3, 0.4) is 0 Å². The molecule has 4 rings (SSSR count). The highest BCUT2D eigenvalue weighted by molar-refractivity contribution is 5.84. The van der Waals surface area contributed by atoms with E-state index in [4.69, 9.17) is 0 Å². The number of benzene rings is 1. The Morgan fingerprint density at radius 1 is 1.04 bits per heavy atom. The molecule has 0 aromatic heterocycles. The number of hydrogen-bond acceptors (Lipinski definition) is 2. The van der Waals surface area contributed by atoms with E-state index < -0.39 is 0 Å². The van der Waals surface area contributed by atoms with Crippen LogP contribution in [0.2, 0.25) is 0 Å². The highest BCUT2D eigenvalue weighted by atomic mass is 16.2. The normalized spacial score (nSPS) is 28.0. The molecule has 1 aromatic carbocycles. The Morgan fingerprint density at radius 3 is 2.69 bits per heavy atom. The molecular weight excluding hydrogens is 320 g/mol. The van der Waals surface area contributed by atoms with E-state index in [1.54, 1.807) is 0 Å². The number of fused-ring (bicyclic) bond motifs is 1. The van der Waals surface area contributed by atoms with Crippen molar-refractivity contribution in [3.63, 3.8) is 0 Å². The molecule has 3 heteroatoms. The van der Waals surface area contributed by atoms with Gasteiger partial charge in [0, 0.05) is 19.6 Å². The predicted octanol–water partition coefficient (Wildman–Crippen LogP) is 4.08. The Bertz CT molecular complexity index is 620. The Labute approximate surface area is 158 Å². The van der Waals surface area contributed by atoms with Gasteiger partial charge in [0.05, 0.1) is 5.92 Å². The van der Waals surface area contributed by atoms with Crippen molar-refractivity contribution in [3.05, 3.63) is 35.4 Å². The quantitative estimate of drug-likeness (QED) is 0.817. The minimum Gasteiger partial charge on any atom is -0.342 e. The third-order valence-electron chi connectivity index (χ3n) is 6.89. The number of carbonyl (C=O) groups excluding carboxylic acids is 1. The summed E-state index contributed by atoms with van der Waals surface area (Å²) in [6.45, 7) is 8.01. The van der Waals surface area contributed by atoms with Crippen LogP contribution in [0.4, 0.5) is 0 Å². The van der Waals surface area contributed by atoms with Gasteiger partial charge in [-0.15, -0.1) is 0 Å². The van der Waals surface area contributed by atoms with Crippen LogP contribution in [0.1, 0.15) is 62.5 Å². The predicted molar refractivity (Wildman–Crippen MR) is 106 cm³/mol. The zero-order valence-corrected chi connectivity index (χ0v) is 16.3. The summed E-state index contributed by atoms with van der Waals surface area (Å²) < 4.78 is 0. The average Bonchev–Trinajstić information content (AvgIpc) is 2.69. The van der Waals surface area contributed by atoms with Gasteiger partial charge in [-0.2, -0.15) is 0 Å². The molecule has 142 valence electrons. The zero-order chi connectivity index (χ0) is 17.9. The van der Waals surface area contributed by atoms with Crippen LogP contribution >= 0.6 is 0 Å². The van der Waals surface area contributed by atoms with Crippen LogP contribution in [-0.4, -0.2) is 48.4 Å². The summed E-state index contributed by atoms with van der Waals surface area (Å²) >= 11 is 0. The van der Waals surface area contributed by atoms with E-state index in [0.717, 1.165) is 38.3 Å². The molecule has 3 nitrogen and oxygen atoms in total. The Balaban J connectivity index is 1.38. The van der Waals surface area contributed by atoms with E-state index in [1.807, 2.05) is 0 Å². The smallest absolute Gasteiger partial charge is 0.230 e. The van der Waals surface area contributed by atoms with Crippen molar-refractivity contribution < 1.29 is 4.79 Å². The van der Waals surface area contributed by atoms with Crippen LogP contribution in [-0.2, 0) is 11.2 Å². The molecule has 2 unspecified atom stereocenters. The minimum atomic E-state index is 0.106. The number of rotatable bonds is 3. The van der Waals surface area contributed by atoms with Crippen molar-refractivity contribution in [2.24, 2.45) is 11.8 Å². The fourth-order valence-corrected chi connectivity index (χ4v) is 5.25. The molecule has 1 aliphatic carbocycles. The number of aryl methyl sites for hydroxylation is 1. The molecule has 2 fully saturated rings. The van der Waals surface area contributed by atoms with E-state index >= 15 is 0 Å². The van der Waals surface area contributed by atoms with Crippen LogP contribution < -0.4 is 0 Å². The minimum absolute atomic E-state index is 0.106. The second-order valence-corrected chi connectivity index (χ2v) is 8.92. The second kappa shape index (κ2) is 8.12. The van der Waals surface area contributed by atoms with Crippen molar-refractivity contribution >= 4 is 5.91 Å². The average molecular weight is 355 g/mol. The summed E-state index contributed by atoms with van der Waals surface area (Å²) in [6, 6.07) is 8.61. The summed E-state index contributed by atoms with van der Waals surface area (Å²) in [6.07, 6.45) is 8.46. The molecule has 0 saturated carbocycles. The molecule has 2 heterocycles. The van der Waals surface area contributed by atoms with Crippen molar-refractivity contribution in [1.29, 1.82) is 0 Å². The molecule has 0 spiro atoms. The molecule has 1 amide bonds.